The van der Waals surface area contributed by atoms with Crippen molar-refractivity contribution >= 4 is 17.5 Å². The van der Waals surface area contributed by atoms with Gasteiger partial charge in [-0.15, -0.1) is 0 Å². The third-order valence-corrected chi connectivity index (χ3v) is 10.8. The van der Waals surface area contributed by atoms with Crippen LogP contribution in [0.3, 0.4) is 0 Å². The molecule has 1 spiro atoms. The van der Waals surface area contributed by atoms with Gasteiger partial charge in [0.25, 0.3) is 0 Å². The molecule has 7 nitrogen and oxygen atoms in total. The minimum absolute atomic E-state index is 0.00687. The number of aliphatic hydroxyl groups excluding tert-OH is 2. The van der Waals surface area contributed by atoms with Crippen molar-refractivity contribution in [1.29, 1.82) is 0 Å². The number of rotatable bonds is 9. The van der Waals surface area contributed by atoms with E-state index in [2.05, 4.69) is 13.0 Å². The van der Waals surface area contributed by atoms with Gasteiger partial charge in [-0.1, -0.05) is 49.7 Å². The number of esters is 2. The first-order chi connectivity index (χ1) is 21.9. The minimum Gasteiger partial charge on any atom is -0.508 e. The Bertz CT molecular complexity index is 1660. The van der Waals surface area contributed by atoms with Gasteiger partial charge < -0.3 is 24.8 Å². The summed E-state index contributed by atoms with van der Waals surface area (Å²) in [5.74, 6) is 0.361. The summed E-state index contributed by atoms with van der Waals surface area (Å²) in [6.07, 6.45) is 9.62. The first-order valence-corrected chi connectivity index (χ1v) is 16.4. The number of allylic oxidation sites excluding steroid dienone is 5. The monoisotopic (exact) mass is 608 g/mol. The number of hydrogen-bond acceptors (Lipinski definition) is 7. The van der Waals surface area contributed by atoms with E-state index in [9.17, 15) is 24.9 Å². The molecular formula is C38H40O7. The summed E-state index contributed by atoms with van der Waals surface area (Å²) in [6.45, 7) is 2.02. The molecule has 0 unspecified atom stereocenters. The van der Waals surface area contributed by atoms with Crippen molar-refractivity contribution in [2.45, 2.75) is 58.3 Å². The molecule has 4 aliphatic carbocycles. The second-order valence-corrected chi connectivity index (χ2v) is 13.1. The van der Waals surface area contributed by atoms with Crippen molar-refractivity contribution in [1.82, 2.24) is 0 Å². The maximum atomic E-state index is 14.1. The molecule has 2 aromatic rings. The molecule has 0 amide bonds. The molecule has 2 fully saturated rings. The number of carbonyl (C=O) groups excluding carboxylic acids is 2. The molecule has 7 heteroatoms. The van der Waals surface area contributed by atoms with Crippen molar-refractivity contribution in [3.63, 3.8) is 0 Å². The minimum atomic E-state index is -0.791. The summed E-state index contributed by atoms with van der Waals surface area (Å²) in [7, 11) is 0. The first kappa shape index (κ1) is 29.8. The van der Waals surface area contributed by atoms with Crippen LogP contribution < -0.4 is 0 Å². The maximum absolute atomic E-state index is 14.1. The molecule has 2 aliphatic heterocycles. The van der Waals surface area contributed by atoms with Crippen LogP contribution in [0.5, 0.6) is 5.75 Å². The number of hydrogen-bond donors (Lipinski definition) is 3. The van der Waals surface area contributed by atoms with Gasteiger partial charge in [-0.05, 0) is 109 Å². The Kier molecular flexibility index (Phi) is 7.78. The highest BCUT2D eigenvalue weighted by Crippen LogP contribution is 2.72. The van der Waals surface area contributed by atoms with Gasteiger partial charge in [0, 0.05) is 30.3 Å². The molecule has 5 atom stereocenters. The van der Waals surface area contributed by atoms with Crippen molar-refractivity contribution in [3.8, 4) is 16.9 Å². The van der Waals surface area contributed by atoms with Crippen LogP contribution in [0.1, 0.15) is 63.9 Å². The SMILES string of the molecule is CCCC=C1OC(=O)C2=C(c3cc(O)ccc3-c3ccccc3)[C@@H]3CC[C@]12[C@H]1C2=C(CC[C@H]31)C(=CC[C@H](CO)CCO)OC2=O. The molecule has 1 saturated heterocycles. The van der Waals surface area contributed by atoms with E-state index in [1.54, 1.807) is 12.1 Å². The van der Waals surface area contributed by atoms with Gasteiger partial charge in [-0.2, -0.15) is 0 Å². The van der Waals surface area contributed by atoms with Crippen LogP contribution in [-0.2, 0) is 19.1 Å². The van der Waals surface area contributed by atoms with E-state index in [1.807, 2.05) is 42.5 Å². The molecule has 45 heavy (non-hydrogen) atoms. The van der Waals surface area contributed by atoms with E-state index < -0.39 is 5.41 Å². The Morgan fingerprint density at radius 2 is 1.80 bits per heavy atom. The fraction of sp³-hybridized carbons (Fsp3) is 0.421. The van der Waals surface area contributed by atoms with Gasteiger partial charge in [0.05, 0.1) is 11.0 Å². The van der Waals surface area contributed by atoms with Crippen molar-refractivity contribution in [2.24, 2.45) is 29.1 Å². The van der Waals surface area contributed by atoms with Crippen LogP contribution in [0.15, 0.2) is 88.9 Å². The molecule has 234 valence electrons. The average molecular weight is 609 g/mol. The lowest BCUT2D eigenvalue weighted by molar-refractivity contribution is -0.135. The van der Waals surface area contributed by atoms with E-state index in [-0.39, 0.29) is 54.6 Å². The number of phenolic OH excluding ortho intramolecular Hbond substituents is 1. The average Bonchev–Trinajstić information content (AvgIpc) is 3.55. The molecule has 0 aromatic heterocycles. The Hall–Kier alpha value is -3.94. The Balaban J connectivity index is 1.43. The molecule has 3 N–H and O–H groups in total. The fourth-order valence-electron chi connectivity index (χ4n) is 8.90. The summed E-state index contributed by atoms with van der Waals surface area (Å²) in [5.41, 5.74) is 5.17. The van der Waals surface area contributed by atoms with Gasteiger partial charge in [0.1, 0.15) is 17.3 Å². The van der Waals surface area contributed by atoms with Gasteiger partial charge in [0.2, 0.25) is 0 Å². The zero-order valence-electron chi connectivity index (χ0n) is 25.6. The third kappa shape index (κ3) is 4.62. The van der Waals surface area contributed by atoms with Gasteiger partial charge in [-0.25, -0.2) is 9.59 Å². The number of unbranched alkanes of at least 4 members (excludes halogenated alkanes) is 1. The number of carbonyl (C=O) groups is 2. The van der Waals surface area contributed by atoms with Crippen LogP contribution in [0, 0.1) is 29.1 Å². The Morgan fingerprint density at radius 1 is 0.978 bits per heavy atom. The van der Waals surface area contributed by atoms with E-state index in [0.29, 0.717) is 48.3 Å². The number of fused-ring (bicyclic) bond motifs is 1. The molecule has 0 radical (unpaired) electrons. The molecule has 2 bridgehead atoms. The normalized spacial score (nSPS) is 29.2. The van der Waals surface area contributed by atoms with Crippen LogP contribution >= 0.6 is 0 Å². The molecule has 2 heterocycles. The van der Waals surface area contributed by atoms with Crippen molar-refractivity contribution in [3.05, 3.63) is 94.5 Å². The lowest BCUT2D eigenvalue weighted by atomic mass is 9.44. The Morgan fingerprint density at radius 3 is 2.56 bits per heavy atom. The van der Waals surface area contributed by atoms with Crippen molar-refractivity contribution < 1.29 is 34.4 Å². The highest BCUT2D eigenvalue weighted by atomic mass is 16.5. The molecule has 6 aliphatic rings. The summed E-state index contributed by atoms with van der Waals surface area (Å²) < 4.78 is 12.1. The lowest BCUT2D eigenvalue weighted by Gasteiger charge is -2.56. The second kappa shape index (κ2) is 11.8. The summed E-state index contributed by atoms with van der Waals surface area (Å²) in [6, 6.07) is 15.4. The fourth-order valence-corrected chi connectivity index (χ4v) is 8.90. The summed E-state index contributed by atoms with van der Waals surface area (Å²) >= 11 is 0. The predicted molar refractivity (Wildman–Crippen MR) is 169 cm³/mol. The summed E-state index contributed by atoms with van der Waals surface area (Å²) in [4.78, 5) is 27.9. The first-order valence-electron chi connectivity index (χ1n) is 16.4. The molecular weight excluding hydrogens is 568 g/mol. The number of cyclic esters (lactones) is 2. The van der Waals surface area contributed by atoms with E-state index in [0.717, 1.165) is 53.5 Å². The van der Waals surface area contributed by atoms with Gasteiger partial charge in [-0.3, -0.25) is 0 Å². The van der Waals surface area contributed by atoms with Crippen LogP contribution in [0.2, 0.25) is 0 Å². The highest BCUT2D eigenvalue weighted by molar-refractivity contribution is 6.07. The van der Waals surface area contributed by atoms with Crippen molar-refractivity contribution in [2.75, 3.05) is 13.2 Å². The van der Waals surface area contributed by atoms with Crippen LogP contribution in [0.25, 0.3) is 16.7 Å². The second-order valence-electron chi connectivity index (χ2n) is 13.1. The summed E-state index contributed by atoms with van der Waals surface area (Å²) in [5, 5.41) is 29.9. The number of phenols is 1. The van der Waals surface area contributed by atoms with E-state index in [1.165, 1.54) is 0 Å². The van der Waals surface area contributed by atoms with Gasteiger partial charge in [0.15, 0.2) is 0 Å². The molecule has 1 saturated carbocycles. The topological polar surface area (TPSA) is 113 Å². The molecule has 8 rings (SSSR count). The highest BCUT2D eigenvalue weighted by Gasteiger charge is 2.68. The predicted octanol–water partition coefficient (Wildman–Crippen LogP) is 6.61. The zero-order valence-corrected chi connectivity index (χ0v) is 25.6. The number of benzene rings is 2. The van der Waals surface area contributed by atoms with E-state index >= 15 is 0 Å². The maximum Gasteiger partial charge on any atom is 0.340 e. The largest absolute Gasteiger partial charge is 0.508 e. The smallest absolute Gasteiger partial charge is 0.340 e. The standard InChI is InChI=1S/C38H40O7/c1-2-3-9-31-38-18-16-26(27-13-14-28-30(15-10-22(21-40)17-19-39)44-36(42)33(28)34(27)38)32(35(38)37(43)45-31)29-20-24(41)11-12-25(29)23-7-5-4-6-8-23/h4-9,11-12,15,20,22,26-27,34,39-41H,2-3,10,13-14,16-19,21H2,1H3/t22-,26+,27+,34+,38+/m0/s1. The van der Waals surface area contributed by atoms with Crippen LogP contribution in [-0.4, -0.2) is 40.5 Å². The Labute approximate surface area is 263 Å². The third-order valence-electron chi connectivity index (χ3n) is 10.8. The lowest BCUT2D eigenvalue weighted by Crippen LogP contribution is -2.52. The van der Waals surface area contributed by atoms with Crippen LogP contribution in [0.4, 0.5) is 0 Å². The van der Waals surface area contributed by atoms with E-state index in [4.69, 9.17) is 9.47 Å². The molecule has 2 aromatic carbocycles. The quantitative estimate of drug-likeness (QED) is 0.275. The van der Waals surface area contributed by atoms with Gasteiger partial charge >= 0.3 is 11.9 Å². The number of aromatic hydroxyl groups is 1. The zero-order chi connectivity index (χ0) is 31.3. The number of aliphatic hydroxyl groups is 2. The number of ether oxygens (including phenoxy) is 2.